The highest BCUT2D eigenvalue weighted by Gasteiger charge is 2.24. The van der Waals surface area contributed by atoms with Crippen LogP contribution in [0.2, 0.25) is 0 Å². The maximum absolute atomic E-state index is 12.4. The Balaban J connectivity index is 1.29. The number of pyridine rings is 1. The smallest absolute Gasteiger partial charge is 0.315 e. The molecule has 0 bridgehead atoms. The molecule has 4 heterocycles. The molecule has 0 aliphatic carbocycles. The first-order chi connectivity index (χ1) is 14.6. The van der Waals surface area contributed by atoms with Crippen molar-refractivity contribution in [3.8, 4) is 5.82 Å². The molecule has 1 atom stereocenters. The van der Waals surface area contributed by atoms with Crippen LogP contribution < -0.4 is 10.6 Å². The normalized spacial score (nSPS) is 15.3. The van der Waals surface area contributed by atoms with Crippen molar-refractivity contribution < 1.29 is 4.79 Å². The first-order valence-corrected chi connectivity index (χ1v) is 11.3. The molecule has 4 rings (SSSR count). The number of likely N-dealkylation sites (tertiary alicyclic amines) is 1. The lowest BCUT2D eigenvalue weighted by Crippen LogP contribution is -2.41. The van der Waals surface area contributed by atoms with Gasteiger partial charge in [0.2, 0.25) is 0 Å². The van der Waals surface area contributed by atoms with Gasteiger partial charge in [-0.05, 0) is 68.9 Å². The predicted molar refractivity (Wildman–Crippen MR) is 119 cm³/mol. The molecule has 0 saturated carbocycles. The fourth-order valence-corrected chi connectivity index (χ4v) is 4.75. The number of carbonyl (C=O) groups is 1. The maximum atomic E-state index is 12.4. The van der Waals surface area contributed by atoms with Gasteiger partial charge < -0.3 is 10.6 Å². The number of hydrogen-bond acceptors (Lipinski definition) is 5. The minimum atomic E-state index is -0.154. The molecule has 7 nitrogen and oxygen atoms in total. The van der Waals surface area contributed by atoms with E-state index in [-0.39, 0.29) is 12.1 Å². The highest BCUT2D eigenvalue weighted by Crippen LogP contribution is 2.27. The number of nitrogens with zero attached hydrogens (tertiary/aromatic N) is 4. The summed E-state index contributed by atoms with van der Waals surface area (Å²) in [6, 6.07) is 10.2. The van der Waals surface area contributed by atoms with Crippen molar-refractivity contribution in [1.29, 1.82) is 0 Å². The number of urea groups is 1. The zero-order chi connectivity index (χ0) is 20.9. The number of aromatic nitrogens is 3. The number of thiophene rings is 1. The molecular weight excluding hydrogens is 396 g/mol. The van der Waals surface area contributed by atoms with Crippen LogP contribution in [0.1, 0.15) is 40.7 Å². The summed E-state index contributed by atoms with van der Waals surface area (Å²) in [5.41, 5.74) is 2.96. The molecule has 30 heavy (non-hydrogen) atoms. The molecule has 1 saturated heterocycles. The molecule has 3 aromatic heterocycles. The van der Waals surface area contributed by atoms with Gasteiger partial charge >= 0.3 is 6.03 Å². The Morgan fingerprint density at radius 3 is 2.67 bits per heavy atom. The van der Waals surface area contributed by atoms with Gasteiger partial charge in [-0.2, -0.15) is 5.10 Å². The zero-order valence-corrected chi connectivity index (χ0v) is 18.3. The highest BCUT2D eigenvalue weighted by molar-refractivity contribution is 7.10. The lowest BCUT2D eigenvalue weighted by molar-refractivity contribution is 0.222. The average molecular weight is 425 g/mol. The van der Waals surface area contributed by atoms with E-state index in [9.17, 15) is 4.79 Å². The summed E-state index contributed by atoms with van der Waals surface area (Å²) in [6.45, 7) is 7.21. The first kappa shape index (κ1) is 20.6. The molecule has 158 valence electrons. The fourth-order valence-electron chi connectivity index (χ4n) is 3.89. The van der Waals surface area contributed by atoms with E-state index < -0.39 is 0 Å². The van der Waals surface area contributed by atoms with Gasteiger partial charge in [0, 0.05) is 29.9 Å². The number of rotatable bonds is 7. The lowest BCUT2D eigenvalue weighted by atomic mass is 10.2. The van der Waals surface area contributed by atoms with Crippen LogP contribution in [-0.4, -0.2) is 45.3 Å². The fraction of sp³-hybridized carbons (Fsp3) is 0.409. The van der Waals surface area contributed by atoms with Gasteiger partial charge in [-0.1, -0.05) is 12.1 Å². The molecule has 3 aromatic rings. The number of amides is 2. The van der Waals surface area contributed by atoms with E-state index in [0.29, 0.717) is 13.1 Å². The monoisotopic (exact) mass is 424 g/mol. The molecule has 2 amide bonds. The number of aryl methyl sites for hydroxylation is 2. The molecule has 1 aliphatic rings. The van der Waals surface area contributed by atoms with Crippen molar-refractivity contribution in [3.63, 3.8) is 0 Å². The minimum Gasteiger partial charge on any atom is -0.336 e. The summed E-state index contributed by atoms with van der Waals surface area (Å²) < 4.78 is 1.82. The van der Waals surface area contributed by atoms with E-state index in [1.54, 1.807) is 17.5 Å². The van der Waals surface area contributed by atoms with Crippen LogP contribution in [0, 0.1) is 13.8 Å². The van der Waals surface area contributed by atoms with Crippen LogP contribution >= 0.6 is 11.3 Å². The van der Waals surface area contributed by atoms with Crippen LogP contribution in [-0.2, 0) is 6.54 Å². The van der Waals surface area contributed by atoms with Gasteiger partial charge in [0.05, 0.1) is 11.7 Å². The van der Waals surface area contributed by atoms with Crippen molar-refractivity contribution in [3.05, 3.63) is 63.7 Å². The number of carbonyl (C=O) groups excluding carboxylic acids is 1. The van der Waals surface area contributed by atoms with Crippen molar-refractivity contribution in [2.45, 2.75) is 39.3 Å². The Morgan fingerprint density at radius 1 is 1.20 bits per heavy atom. The van der Waals surface area contributed by atoms with Crippen LogP contribution in [0.15, 0.2) is 41.9 Å². The summed E-state index contributed by atoms with van der Waals surface area (Å²) in [5.74, 6) is 0.776. The number of nitrogens with one attached hydrogen (secondary N) is 2. The Labute approximate surface area is 181 Å². The first-order valence-electron chi connectivity index (χ1n) is 10.4. The van der Waals surface area contributed by atoms with E-state index in [2.05, 4.69) is 43.1 Å². The Bertz CT molecular complexity index is 960. The molecule has 1 fully saturated rings. The van der Waals surface area contributed by atoms with Gasteiger partial charge in [-0.15, -0.1) is 11.3 Å². The molecule has 0 spiro atoms. The van der Waals surface area contributed by atoms with Crippen LogP contribution in [0.25, 0.3) is 5.82 Å². The van der Waals surface area contributed by atoms with Gasteiger partial charge in [0.1, 0.15) is 0 Å². The zero-order valence-electron chi connectivity index (χ0n) is 17.5. The van der Waals surface area contributed by atoms with Gasteiger partial charge in [0.15, 0.2) is 5.82 Å². The second-order valence-electron chi connectivity index (χ2n) is 7.70. The molecule has 1 aliphatic heterocycles. The van der Waals surface area contributed by atoms with Crippen molar-refractivity contribution in [1.82, 2.24) is 30.3 Å². The van der Waals surface area contributed by atoms with Crippen LogP contribution in [0.4, 0.5) is 4.79 Å². The Morgan fingerprint density at radius 2 is 2.03 bits per heavy atom. The molecule has 1 unspecified atom stereocenters. The Kier molecular flexibility index (Phi) is 6.44. The van der Waals surface area contributed by atoms with Gasteiger partial charge in [-0.3, -0.25) is 4.90 Å². The van der Waals surface area contributed by atoms with E-state index in [1.165, 1.54) is 17.7 Å². The van der Waals surface area contributed by atoms with Crippen molar-refractivity contribution >= 4 is 17.4 Å². The van der Waals surface area contributed by atoms with Crippen molar-refractivity contribution in [2.24, 2.45) is 0 Å². The van der Waals surface area contributed by atoms with E-state index >= 15 is 0 Å². The van der Waals surface area contributed by atoms with Crippen LogP contribution in [0.3, 0.4) is 0 Å². The largest absolute Gasteiger partial charge is 0.336 e. The minimum absolute atomic E-state index is 0.154. The van der Waals surface area contributed by atoms with Crippen molar-refractivity contribution in [2.75, 3.05) is 19.6 Å². The molecular formula is C22H28N6OS. The predicted octanol–water partition coefficient (Wildman–Crippen LogP) is 3.58. The third-order valence-corrected chi connectivity index (χ3v) is 6.37. The molecule has 8 heteroatoms. The second kappa shape index (κ2) is 9.40. The van der Waals surface area contributed by atoms with Gasteiger partial charge in [-0.25, -0.2) is 14.5 Å². The van der Waals surface area contributed by atoms with Crippen LogP contribution in [0.5, 0.6) is 0 Å². The Hall–Kier alpha value is -2.71. The molecule has 0 radical (unpaired) electrons. The summed E-state index contributed by atoms with van der Waals surface area (Å²) in [6.07, 6.45) is 4.24. The van der Waals surface area contributed by atoms with E-state index in [4.69, 9.17) is 0 Å². The maximum Gasteiger partial charge on any atom is 0.315 e. The SMILES string of the molecule is Cc1cc(C)n(-c2ccc(CNC(=O)NCC(c3cccs3)N3CCCC3)cn2)n1. The lowest BCUT2D eigenvalue weighted by Gasteiger charge is -2.26. The average Bonchev–Trinajstić information content (AvgIpc) is 3.50. The quantitative estimate of drug-likeness (QED) is 0.608. The van der Waals surface area contributed by atoms with E-state index in [1.807, 2.05) is 36.7 Å². The number of hydrogen-bond donors (Lipinski definition) is 2. The third kappa shape index (κ3) is 4.88. The summed E-state index contributed by atoms with van der Waals surface area (Å²) in [5, 5.41) is 12.5. The highest BCUT2D eigenvalue weighted by atomic mass is 32.1. The summed E-state index contributed by atoms with van der Waals surface area (Å²) in [4.78, 5) is 20.6. The second-order valence-corrected chi connectivity index (χ2v) is 8.68. The standard InChI is InChI=1S/C22H28N6OS/c1-16-12-17(2)28(26-16)21-8-7-18(13-23-21)14-24-22(29)25-15-19(20-6-5-11-30-20)27-9-3-4-10-27/h5-8,11-13,19H,3-4,9-10,14-15H2,1-2H3,(H2,24,25,29). The van der Waals surface area contributed by atoms with E-state index in [0.717, 1.165) is 35.9 Å². The summed E-state index contributed by atoms with van der Waals surface area (Å²) in [7, 11) is 0. The third-order valence-electron chi connectivity index (χ3n) is 5.40. The van der Waals surface area contributed by atoms with Gasteiger partial charge in [0.25, 0.3) is 0 Å². The topological polar surface area (TPSA) is 75.1 Å². The molecule has 0 aromatic carbocycles. The molecule has 2 N–H and O–H groups in total. The summed E-state index contributed by atoms with van der Waals surface area (Å²) >= 11 is 1.75.